The summed E-state index contributed by atoms with van der Waals surface area (Å²) in [5, 5.41) is 0. The lowest BCUT2D eigenvalue weighted by atomic mass is 10.0. The normalized spacial score (nSPS) is 34.3. The average molecular weight is 296 g/mol. The Kier molecular flexibility index (Phi) is 3.43. The maximum absolute atomic E-state index is 12.0. The molecule has 0 aromatic rings. The summed E-state index contributed by atoms with van der Waals surface area (Å²) in [5.74, 6) is 1.26. The molecule has 0 aromatic heterocycles. The molecule has 2 unspecified atom stereocenters. The first-order valence-electron chi connectivity index (χ1n) is 5.61. The largest absolute Gasteiger partial charge is 0.214 e. The second-order valence-electron chi connectivity index (χ2n) is 4.86. The molecule has 3 nitrogen and oxygen atoms in total. The van der Waals surface area contributed by atoms with Crippen LogP contribution in [0.3, 0.4) is 0 Å². The highest BCUT2D eigenvalue weighted by Crippen LogP contribution is 2.32. The molecule has 1 saturated heterocycles. The summed E-state index contributed by atoms with van der Waals surface area (Å²) in [5.41, 5.74) is 0. The average Bonchev–Trinajstić information content (AvgIpc) is 2.92. The van der Waals surface area contributed by atoms with Crippen molar-refractivity contribution in [3.8, 4) is 0 Å². The Morgan fingerprint density at radius 2 is 2.00 bits per heavy atom. The first-order valence-corrected chi connectivity index (χ1v) is 8.13. The number of hydrogen-bond donors (Lipinski definition) is 0. The van der Waals surface area contributed by atoms with E-state index in [0.29, 0.717) is 35.5 Å². The van der Waals surface area contributed by atoms with Gasteiger partial charge in [-0.15, -0.1) is 0 Å². The van der Waals surface area contributed by atoms with Gasteiger partial charge in [0.1, 0.15) is 0 Å². The van der Waals surface area contributed by atoms with Gasteiger partial charge in [-0.25, -0.2) is 12.7 Å². The fourth-order valence-corrected chi connectivity index (χ4v) is 4.38. The SMILES string of the molecule is CC1CN(S(=O)(=O)CC2CC2)CCC1Br. The van der Waals surface area contributed by atoms with Gasteiger partial charge in [0.15, 0.2) is 0 Å². The van der Waals surface area contributed by atoms with Gasteiger partial charge in [0, 0.05) is 17.9 Å². The van der Waals surface area contributed by atoms with Crippen LogP contribution in [-0.4, -0.2) is 36.4 Å². The third-order valence-corrected chi connectivity index (χ3v) is 6.67. The van der Waals surface area contributed by atoms with Gasteiger partial charge >= 0.3 is 0 Å². The van der Waals surface area contributed by atoms with Crippen LogP contribution in [0.5, 0.6) is 0 Å². The Morgan fingerprint density at radius 1 is 1.33 bits per heavy atom. The van der Waals surface area contributed by atoms with Gasteiger partial charge < -0.3 is 0 Å². The smallest absolute Gasteiger partial charge is 0.212 e. The first-order chi connectivity index (χ1) is 6.99. The van der Waals surface area contributed by atoms with Gasteiger partial charge in [0.2, 0.25) is 10.0 Å². The van der Waals surface area contributed by atoms with Crippen LogP contribution < -0.4 is 0 Å². The molecule has 2 atom stereocenters. The van der Waals surface area contributed by atoms with Crippen molar-refractivity contribution in [2.24, 2.45) is 11.8 Å². The van der Waals surface area contributed by atoms with E-state index in [2.05, 4.69) is 22.9 Å². The van der Waals surface area contributed by atoms with Gasteiger partial charge in [0.25, 0.3) is 0 Å². The van der Waals surface area contributed by atoms with E-state index in [4.69, 9.17) is 0 Å². The van der Waals surface area contributed by atoms with E-state index in [9.17, 15) is 8.42 Å². The minimum absolute atomic E-state index is 0.382. The Labute approximate surface area is 100 Å². The lowest BCUT2D eigenvalue weighted by molar-refractivity contribution is 0.291. The fourth-order valence-electron chi connectivity index (χ4n) is 2.02. The predicted octanol–water partition coefficient (Wildman–Crippen LogP) is 1.83. The zero-order valence-corrected chi connectivity index (χ0v) is 11.4. The third-order valence-electron chi connectivity index (χ3n) is 3.30. The van der Waals surface area contributed by atoms with Crippen molar-refractivity contribution in [2.45, 2.75) is 31.0 Å². The molecule has 15 heavy (non-hydrogen) atoms. The zero-order chi connectivity index (χ0) is 11.1. The van der Waals surface area contributed by atoms with Crippen LogP contribution in [0.15, 0.2) is 0 Å². The molecule has 2 fully saturated rings. The molecule has 5 heteroatoms. The molecule has 88 valence electrons. The summed E-state index contributed by atoms with van der Waals surface area (Å²) >= 11 is 3.59. The Balaban J connectivity index is 1.97. The van der Waals surface area contributed by atoms with Crippen molar-refractivity contribution in [2.75, 3.05) is 18.8 Å². The lowest BCUT2D eigenvalue weighted by Gasteiger charge is -2.33. The third kappa shape index (κ3) is 2.94. The molecular formula is C10H18BrNO2S. The number of alkyl halides is 1. The summed E-state index contributed by atoms with van der Waals surface area (Å²) in [6.07, 6.45) is 3.14. The highest BCUT2D eigenvalue weighted by molar-refractivity contribution is 9.09. The molecule has 0 N–H and O–H groups in total. The van der Waals surface area contributed by atoms with Crippen molar-refractivity contribution in [3.05, 3.63) is 0 Å². The number of hydrogen-bond acceptors (Lipinski definition) is 2. The van der Waals surface area contributed by atoms with Gasteiger partial charge in [-0.05, 0) is 31.1 Å². The van der Waals surface area contributed by atoms with Crippen LogP contribution >= 0.6 is 15.9 Å². The van der Waals surface area contributed by atoms with Crippen molar-refractivity contribution in [1.82, 2.24) is 4.31 Å². The quantitative estimate of drug-likeness (QED) is 0.745. The second-order valence-corrected chi connectivity index (χ2v) is 8.05. The van der Waals surface area contributed by atoms with Crippen molar-refractivity contribution in [1.29, 1.82) is 0 Å². The molecule has 0 aromatic carbocycles. The van der Waals surface area contributed by atoms with E-state index in [1.54, 1.807) is 4.31 Å². The molecule has 1 aliphatic heterocycles. The van der Waals surface area contributed by atoms with Crippen LogP contribution in [0.25, 0.3) is 0 Å². The van der Waals surface area contributed by atoms with Crippen LogP contribution in [-0.2, 0) is 10.0 Å². The van der Waals surface area contributed by atoms with Crippen LogP contribution in [0.2, 0.25) is 0 Å². The van der Waals surface area contributed by atoms with Gasteiger partial charge in [-0.3, -0.25) is 0 Å². The number of piperidine rings is 1. The Bertz CT molecular complexity index is 326. The van der Waals surface area contributed by atoms with Crippen LogP contribution in [0.1, 0.15) is 26.2 Å². The van der Waals surface area contributed by atoms with E-state index in [0.717, 1.165) is 19.3 Å². The van der Waals surface area contributed by atoms with Gasteiger partial charge in [0.05, 0.1) is 5.75 Å². The van der Waals surface area contributed by atoms with E-state index in [1.165, 1.54) is 0 Å². The summed E-state index contributed by atoms with van der Waals surface area (Å²) < 4.78 is 25.7. The maximum Gasteiger partial charge on any atom is 0.214 e. The van der Waals surface area contributed by atoms with Crippen molar-refractivity contribution in [3.63, 3.8) is 0 Å². The lowest BCUT2D eigenvalue weighted by Crippen LogP contribution is -2.44. The van der Waals surface area contributed by atoms with E-state index in [1.807, 2.05) is 0 Å². The Morgan fingerprint density at radius 3 is 2.53 bits per heavy atom. The molecule has 1 heterocycles. The number of rotatable bonds is 3. The van der Waals surface area contributed by atoms with Crippen LogP contribution in [0.4, 0.5) is 0 Å². The topological polar surface area (TPSA) is 37.4 Å². The molecule has 2 rings (SSSR count). The maximum atomic E-state index is 12.0. The van der Waals surface area contributed by atoms with E-state index >= 15 is 0 Å². The number of nitrogens with zero attached hydrogens (tertiary/aromatic N) is 1. The number of halogens is 1. The molecule has 2 aliphatic rings. The predicted molar refractivity (Wildman–Crippen MR) is 64.6 cm³/mol. The minimum Gasteiger partial charge on any atom is -0.212 e. The summed E-state index contributed by atoms with van der Waals surface area (Å²) in [6, 6.07) is 0. The van der Waals surface area contributed by atoms with Gasteiger partial charge in [-0.2, -0.15) is 0 Å². The standard InChI is InChI=1S/C10H18BrNO2S/c1-8-6-12(5-4-10(8)11)15(13,14)7-9-2-3-9/h8-10H,2-7H2,1H3. The first kappa shape index (κ1) is 11.9. The molecule has 1 saturated carbocycles. The van der Waals surface area contributed by atoms with E-state index < -0.39 is 10.0 Å². The molecule has 1 aliphatic carbocycles. The monoisotopic (exact) mass is 295 g/mol. The fraction of sp³-hybridized carbons (Fsp3) is 1.00. The van der Waals surface area contributed by atoms with Gasteiger partial charge in [-0.1, -0.05) is 22.9 Å². The van der Waals surface area contributed by atoms with Crippen molar-refractivity contribution >= 4 is 26.0 Å². The summed E-state index contributed by atoms with van der Waals surface area (Å²) in [4.78, 5) is 0.477. The zero-order valence-electron chi connectivity index (χ0n) is 9.02. The van der Waals surface area contributed by atoms with Crippen molar-refractivity contribution < 1.29 is 8.42 Å². The molecule has 0 spiro atoms. The molecular weight excluding hydrogens is 278 g/mol. The second kappa shape index (κ2) is 4.34. The Hall–Kier alpha value is 0.390. The minimum atomic E-state index is -2.96. The summed E-state index contributed by atoms with van der Waals surface area (Å²) in [6.45, 7) is 3.48. The molecule has 0 radical (unpaired) electrons. The van der Waals surface area contributed by atoms with E-state index in [-0.39, 0.29) is 0 Å². The highest BCUT2D eigenvalue weighted by Gasteiger charge is 2.35. The van der Waals surface area contributed by atoms with Crippen LogP contribution in [0, 0.1) is 11.8 Å². The number of sulfonamides is 1. The molecule has 0 amide bonds. The summed E-state index contributed by atoms with van der Waals surface area (Å²) in [7, 11) is -2.96. The molecule has 0 bridgehead atoms. The highest BCUT2D eigenvalue weighted by atomic mass is 79.9.